The first-order valence-electron chi connectivity index (χ1n) is 6.01. The highest BCUT2D eigenvalue weighted by molar-refractivity contribution is 5.76. The van der Waals surface area contributed by atoms with Crippen molar-refractivity contribution < 1.29 is 14.6 Å². The zero-order chi connectivity index (χ0) is 11.4. The summed E-state index contributed by atoms with van der Waals surface area (Å²) in [6.07, 6.45) is 1.37. The smallest absolute Gasteiger partial charge is 0.222 e. The van der Waals surface area contributed by atoms with Crippen molar-refractivity contribution in [3.8, 4) is 0 Å². The van der Waals surface area contributed by atoms with Crippen LogP contribution in [-0.4, -0.2) is 72.9 Å². The van der Waals surface area contributed by atoms with E-state index in [1.165, 1.54) is 0 Å². The van der Waals surface area contributed by atoms with Crippen LogP contribution in [0.4, 0.5) is 0 Å². The standard InChI is InChI=1S/C11H20N2O3/c14-10-8-12(9-10)3-1-2-11(15)13-4-6-16-7-5-13/h10,14H,1-9H2. The van der Waals surface area contributed by atoms with Crippen molar-refractivity contribution in [2.24, 2.45) is 0 Å². The molecule has 0 saturated carbocycles. The van der Waals surface area contributed by atoms with E-state index < -0.39 is 0 Å². The monoisotopic (exact) mass is 228 g/mol. The van der Waals surface area contributed by atoms with Gasteiger partial charge in [-0.2, -0.15) is 0 Å². The number of β-amino-alcohol motifs (C(OH)–C–C–N with tert-alkyl or cyclic N) is 1. The Kier molecular flexibility index (Phi) is 4.15. The summed E-state index contributed by atoms with van der Waals surface area (Å²) >= 11 is 0. The van der Waals surface area contributed by atoms with E-state index in [1.807, 2.05) is 4.90 Å². The Hall–Kier alpha value is -0.650. The summed E-state index contributed by atoms with van der Waals surface area (Å²) in [6.45, 7) is 5.28. The molecule has 0 radical (unpaired) electrons. The highest BCUT2D eigenvalue weighted by Gasteiger charge is 2.24. The van der Waals surface area contributed by atoms with Crippen LogP contribution in [0.3, 0.4) is 0 Å². The van der Waals surface area contributed by atoms with Crippen molar-refractivity contribution in [1.29, 1.82) is 0 Å². The second-order valence-electron chi connectivity index (χ2n) is 4.51. The minimum atomic E-state index is -0.144. The van der Waals surface area contributed by atoms with Crippen molar-refractivity contribution >= 4 is 5.91 Å². The molecule has 0 aliphatic carbocycles. The summed E-state index contributed by atoms with van der Waals surface area (Å²) in [5.74, 6) is 0.240. The van der Waals surface area contributed by atoms with Crippen molar-refractivity contribution in [1.82, 2.24) is 9.80 Å². The molecule has 1 amide bonds. The van der Waals surface area contributed by atoms with Crippen LogP contribution in [-0.2, 0) is 9.53 Å². The van der Waals surface area contributed by atoms with Crippen molar-refractivity contribution in [3.05, 3.63) is 0 Å². The first-order chi connectivity index (χ1) is 7.75. The molecule has 5 nitrogen and oxygen atoms in total. The molecule has 0 unspecified atom stereocenters. The number of hydrogen-bond donors (Lipinski definition) is 1. The van der Waals surface area contributed by atoms with Gasteiger partial charge in [-0.1, -0.05) is 0 Å². The summed E-state index contributed by atoms with van der Waals surface area (Å²) < 4.78 is 5.20. The molecule has 2 aliphatic rings. The highest BCUT2D eigenvalue weighted by Crippen LogP contribution is 2.09. The quantitative estimate of drug-likeness (QED) is 0.691. The van der Waals surface area contributed by atoms with E-state index in [0.29, 0.717) is 19.6 Å². The summed E-state index contributed by atoms with van der Waals surface area (Å²) in [4.78, 5) is 15.8. The van der Waals surface area contributed by atoms with E-state index >= 15 is 0 Å². The summed E-state index contributed by atoms with van der Waals surface area (Å²) in [7, 11) is 0. The average Bonchev–Trinajstić information content (AvgIpc) is 2.27. The molecular weight excluding hydrogens is 208 g/mol. The van der Waals surface area contributed by atoms with Gasteiger partial charge in [0.1, 0.15) is 0 Å². The third-order valence-corrected chi connectivity index (χ3v) is 3.17. The largest absolute Gasteiger partial charge is 0.390 e. The lowest BCUT2D eigenvalue weighted by atomic mass is 10.1. The predicted octanol–water partition coefficient (Wildman–Crippen LogP) is -0.698. The van der Waals surface area contributed by atoms with Crippen LogP contribution in [0.25, 0.3) is 0 Å². The van der Waals surface area contributed by atoms with Gasteiger partial charge >= 0.3 is 0 Å². The number of aliphatic hydroxyl groups is 1. The molecule has 2 aliphatic heterocycles. The van der Waals surface area contributed by atoms with Crippen LogP contribution >= 0.6 is 0 Å². The third-order valence-electron chi connectivity index (χ3n) is 3.17. The third kappa shape index (κ3) is 3.17. The number of likely N-dealkylation sites (tertiary alicyclic amines) is 1. The second-order valence-corrected chi connectivity index (χ2v) is 4.51. The Morgan fingerprint density at radius 1 is 1.31 bits per heavy atom. The Morgan fingerprint density at radius 2 is 2.00 bits per heavy atom. The molecule has 2 fully saturated rings. The van der Waals surface area contributed by atoms with Gasteiger partial charge in [-0.3, -0.25) is 9.69 Å². The summed E-state index contributed by atoms with van der Waals surface area (Å²) in [5, 5.41) is 9.10. The van der Waals surface area contributed by atoms with Gasteiger partial charge in [-0.15, -0.1) is 0 Å². The molecule has 0 bridgehead atoms. The van der Waals surface area contributed by atoms with Crippen molar-refractivity contribution in [3.63, 3.8) is 0 Å². The number of carbonyl (C=O) groups is 1. The van der Waals surface area contributed by atoms with Gasteiger partial charge in [0.2, 0.25) is 5.91 Å². The number of amides is 1. The predicted molar refractivity (Wildman–Crippen MR) is 59.1 cm³/mol. The van der Waals surface area contributed by atoms with E-state index in [1.54, 1.807) is 0 Å². The number of morpholine rings is 1. The minimum Gasteiger partial charge on any atom is -0.390 e. The number of aliphatic hydroxyl groups excluding tert-OH is 1. The minimum absolute atomic E-state index is 0.144. The highest BCUT2D eigenvalue weighted by atomic mass is 16.5. The van der Waals surface area contributed by atoms with Gasteiger partial charge in [-0.05, 0) is 13.0 Å². The molecule has 0 aromatic carbocycles. The molecule has 16 heavy (non-hydrogen) atoms. The molecule has 0 spiro atoms. The average molecular weight is 228 g/mol. The van der Waals surface area contributed by atoms with E-state index in [4.69, 9.17) is 9.84 Å². The van der Waals surface area contributed by atoms with Crippen LogP contribution in [0.5, 0.6) is 0 Å². The van der Waals surface area contributed by atoms with Gasteiger partial charge in [0.25, 0.3) is 0 Å². The molecule has 2 heterocycles. The van der Waals surface area contributed by atoms with Gasteiger partial charge < -0.3 is 14.7 Å². The van der Waals surface area contributed by atoms with E-state index in [2.05, 4.69) is 4.90 Å². The van der Waals surface area contributed by atoms with Gasteiger partial charge in [0.05, 0.1) is 19.3 Å². The Bertz CT molecular complexity index is 235. The lowest BCUT2D eigenvalue weighted by molar-refractivity contribution is -0.135. The number of nitrogens with zero attached hydrogens (tertiary/aromatic N) is 2. The van der Waals surface area contributed by atoms with Crippen LogP contribution < -0.4 is 0 Å². The Morgan fingerprint density at radius 3 is 2.62 bits per heavy atom. The molecule has 0 atom stereocenters. The van der Waals surface area contributed by atoms with Crippen molar-refractivity contribution in [2.75, 3.05) is 45.9 Å². The number of carbonyl (C=O) groups excluding carboxylic acids is 1. The molecule has 92 valence electrons. The molecule has 5 heteroatoms. The summed E-state index contributed by atoms with van der Waals surface area (Å²) in [5.41, 5.74) is 0. The maximum absolute atomic E-state index is 11.8. The lowest BCUT2D eigenvalue weighted by Gasteiger charge is -2.36. The van der Waals surface area contributed by atoms with Gasteiger partial charge in [-0.25, -0.2) is 0 Å². The summed E-state index contributed by atoms with van der Waals surface area (Å²) in [6, 6.07) is 0. The van der Waals surface area contributed by atoms with Crippen LogP contribution in [0.1, 0.15) is 12.8 Å². The fraction of sp³-hybridized carbons (Fsp3) is 0.909. The first-order valence-corrected chi connectivity index (χ1v) is 6.01. The van der Waals surface area contributed by atoms with E-state index in [-0.39, 0.29) is 12.0 Å². The second kappa shape index (κ2) is 5.61. The molecule has 2 saturated heterocycles. The number of hydrogen-bond acceptors (Lipinski definition) is 4. The van der Waals surface area contributed by atoms with Crippen LogP contribution in [0.15, 0.2) is 0 Å². The molecule has 2 rings (SSSR count). The molecular formula is C11H20N2O3. The number of ether oxygens (including phenoxy) is 1. The number of rotatable bonds is 4. The van der Waals surface area contributed by atoms with Crippen LogP contribution in [0.2, 0.25) is 0 Å². The normalized spacial score (nSPS) is 23.2. The van der Waals surface area contributed by atoms with E-state index in [9.17, 15) is 4.79 Å². The van der Waals surface area contributed by atoms with Crippen LogP contribution in [0, 0.1) is 0 Å². The zero-order valence-corrected chi connectivity index (χ0v) is 9.60. The van der Waals surface area contributed by atoms with E-state index in [0.717, 1.165) is 39.1 Å². The fourth-order valence-corrected chi connectivity index (χ4v) is 2.15. The van der Waals surface area contributed by atoms with Gasteiger partial charge in [0, 0.05) is 32.6 Å². The maximum Gasteiger partial charge on any atom is 0.222 e. The Labute approximate surface area is 96.0 Å². The molecule has 1 N–H and O–H groups in total. The topological polar surface area (TPSA) is 53.0 Å². The molecule has 0 aromatic rings. The maximum atomic E-state index is 11.8. The van der Waals surface area contributed by atoms with Gasteiger partial charge in [0.15, 0.2) is 0 Å². The lowest BCUT2D eigenvalue weighted by Crippen LogP contribution is -2.51. The molecule has 0 aromatic heterocycles. The SMILES string of the molecule is O=C(CCCN1CC(O)C1)N1CCOCC1. The fourth-order valence-electron chi connectivity index (χ4n) is 2.15. The Balaban J connectivity index is 1.56. The zero-order valence-electron chi connectivity index (χ0n) is 9.60. The van der Waals surface area contributed by atoms with Crippen molar-refractivity contribution in [2.45, 2.75) is 18.9 Å². The first kappa shape index (κ1) is 11.8.